The van der Waals surface area contributed by atoms with Crippen LogP contribution in [0.1, 0.15) is 32.6 Å². The Morgan fingerprint density at radius 1 is 0.946 bits per heavy atom. The van der Waals surface area contributed by atoms with Gasteiger partial charge in [0.25, 0.3) is 11.8 Å². The normalized spacial score (nSPS) is 15.3. The average Bonchev–Trinajstić information content (AvgIpc) is 3.22. The number of nitrogens with zero attached hydrogens (tertiary/aromatic N) is 1. The third kappa shape index (κ3) is 4.42. The molecule has 0 saturated carbocycles. The fraction of sp³-hybridized carbons (Fsp3) is 0.143. The second kappa shape index (κ2) is 9.27. The fourth-order valence-corrected chi connectivity index (χ4v) is 4.68. The summed E-state index contributed by atoms with van der Waals surface area (Å²) in [5.41, 5.74) is 9.60. The number of benzene rings is 3. The third-order valence-electron chi connectivity index (χ3n) is 6.60. The number of hydrogen-bond donors (Lipinski definition) is 4. The number of aliphatic hydroxyl groups excluding tert-OH is 1. The van der Waals surface area contributed by atoms with Crippen molar-refractivity contribution in [1.82, 2.24) is 5.32 Å². The van der Waals surface area contributed by atoms with Crippen molar-refractivity contribution in [2.45, 2.75) is 25.3 Å². The van der Waals surface area contributed by atoms with Gasteiger partial charge in [0.2, 0.25) is 5.91 Å². The van der Waals surface area contributed by atoms with Crippen LogP contribution in [0.3, 0.4) is 0 Å². The molecule has 3 aromatic carbocycles. The van der Waals surface area contributed by atoms with Crippen LogP contribution in [0.2, 0.25) is 0 Å². The van der Waals surface area contributed by atoms with Gasteiger partial charge in [-0.05, 0) is 41.0 Å². The molecule has 3 amide bonds. The zero-order chi connectivity index (χ0) is 26.3. The van der Waals surface area contributed by atoms with Crippen LogP contribution in [0.5, 0.6) is 0 Å². The van der Waals surface area contributed by atoms with Gasteiger partial charge in [-0.3, -0.25) is 14.4 Å². The second-order valence-electron chi connectivity index (χ2n) is 9.02. The standard InChI is InChI=1S/C28H23N3O6/c29-18-8-7-17-13-24(32)31(27(35)21(17)14-18)19-9-5-15(6-10-19)11-23(28(36)37)30-26(34)22-12-16-3-1-2-4-20(16)25(22)33/h1-10,14,23,33H,11-13,29H2,(H,30,34)(H,36,37)/t23-/m0/s1. The maximum atomic E-state index is 13.0. The Hall–Kier alpha value is -4.92. The number of hydrogen-bond acceptors (Lipinski definition) is 6. The summed E-state index contributed by atoms with van der Waals surface area (Å²) in [5, 5.41) is 22.6. The Morgan fingerprint density at radius 2 is 1.65 bits per heavy atom. The number of imide groups is 1. The van der Waals surface area contributed by atoms with E-state index in [9.17, 15) is 29.4 Å². The number of carbonyl (C=O) groups is 4. The number of amides is 3. The summed E-state index contributed by atoms with van der Waals surface area (Å²) in [5.74, 6) is -2.89. The van der Waals surface area contributed by atoms with Crippen LogP contribution in [-0.4, -0.2) is 39.9 Å². The van der Waals surface area contributed by atoms with Crippen LogP contribution in [-0.2, 0) is 33.6 Å². The summed E-state index contributed by atoms with van der Waals surface area (Å²) in [6, 6.07) is 17.0. The summed E-state index contributed by atoms with van der Waals surface area (Å²) in [6.45, 7) is 0. The first-order chi connectivity index (χ1) is 17.7. The highest BCUT2D eigenvalue weighted by atomic mass is 16.4. The van der Waals surface area contributed by atoms with Gasteiger partial charge in [-0.15, -0.1) is 0 Å². The lowest BCUT2D eigenvalue weighted by Crippen LogP contribution is -2.43. The van der Waals surface area contributed by atoms with E-state index in [1.165, 1.54) is 0 Å². The number of nitrogens with two attached hydrogens (primary N) is 1. The number of carboxylic acid groups (broad SMARTS) is 1. The molecule has 1 heterocycles. The third-order valence-corrected chi connectivity index (χ3v) is 6.60. The minimum atomic E-state index is -1.25. The van der Waals surface area contributed by atoms with E-state index < -0.39 is 23.8 Å². The van der Waals surface area contributed by atoms with E-state index in [0.29, 0.717) is 33.6 Å². The first-order valence-electron chi connectivity index (χ1n) is 11.6. The maximum absolute atomic E-state index is 13.0. The van der Waals surface area contributed by atoms with Crippen LogP contribution in [0.4, 0.5) is 11.4 Å². The Morgan fingerprint density at radius 3 is 2.35 bits per heavy atom. The highest BCUT2D eigenvalue weighted by Crippen LogP contribution is 2.31. The molecule has 0 saturated heterocycles. The summed E-state index contributed by atoms with van der Waals surface area (Å²) in [4.78, 5) is 51.5. The summed E-state index contributed by atoms with van der Waals surface area (Å²) >= 11 is 0. The molecule has 1 aliphatic heterocycles. The van der Waals surface area contributed by atoms with Gasteiger partial charge in [0.1, 0.15) is 11.8 Å². The van der Waals surface area contributed by atoms with Gasteiger partial charge >= 0.3 is 5.97 Å². The van der Waals surface area contributed by atoms with E-state index >= 15 is 0 Å². The van der Waals surface area contributed by atoms with E-state index in [-0.39, 0.29) is 36.5 Å². The van der Waals surface area contributed by atoms with Crippen LogP contribution in [0.15, 0.2) is 72.3 Å². The number of aliphatic hydroxyl groups is 1. The number of aliphatic carboxylic acids is 1. The zero-order valence-corrected chi connectivity index (χ0v) is 19.6. The van der Waals surface area contributed by atoms with E-state index in [2.05, 4.69) is 5.32 Å². The number of anilines is 2. The lowest BCUT2D eigenvalue weighted by molar-refractivity contribution is -0.141. The molecule has 5 N–H and O–H groups in total. The zero-order valence-electron chi connectivity index (χ0n) is 19.6. The molecule has 0 aromatic heterocycles. The van der Waals surface area contributed by atoms with Crippen molar-refractivity contribution < 1.29 is 29.4 Å². The van der Waals surface area contributed by atoms with Gasteiger partial charge < -0.3 is 21.3 Å². The molecule has 0 fully saturated rings. The molecule has 9 nitrogen and oxygen atoms in total. The highest BCUT2D eigenvalue weighted by Gasteiger charge is 2.33. The lowest BCUT2D eigenvalue weighted by Gasteiger charge is -2.27. The van der Waals surface area contributed by atoms with Crippen molar-refractivity contribution in [2.24, 2.45) is 0 Å². The number of rotatable bonds is 6. The lowest BCUT2D eigenvalue weighted by atomic mass is 9.97. The molecule has 5 rings (SSSR count). The molecule has 0 radical (unpaired) electrons. The predicted octanol–water partition coefficient (Wildman–Crippen LogP) is 2.64. The van der Waals surface area contributed by atoms with Gasteiger partial charge in [-0.2, -0.15) is 0 Å². The maximum Gasteiger partial charge on any atom is 0.326 e. The van der Waals surface area contributed by atoms with Gasteiger partial charge in [-0.1, -0.05) is 42.5 Å². The monoisotopic (exact) mass is 497 g/mol. The average molecular weight is 498 g/mol. The number of carboxylic acids is 1. The van der Waals surface area contributed by atoms with Crippen molar-refractivity contribution in [3.8, 4) is 0 Å². The second-order valence-corrected chi connectivity index (χ2v) is 9.02. The van der Waals surface area contributed by atoms with Crippen molar-refractivity contribution >= 4 is 40.8 Å². The molecule has 1 aliphatic carbocycles. The van der Waals surface area contributed by atoms with Crippen LogP contribution >= 0.6 is 0 Å². The van der Waals surface area contributed by atoms with Crippen molar-refractivity contribution in [3.05, 3.63) is 100 Å². The first kappa shape index (κ1) is 23.8. The summed E-state index contributed by atoms with van der Waals surface area (Å²) in [7, 11) is 0. The molecule has 0 spiro atoms. The SMILES string of the molecule is Nc1ccc2c(c1)C(=O)N(c1ccc(C[C@H](NC(=O)C3=C(O)c4ccccc4C3)C(=O)O)cc1)C(=O)C2. The van der Waals surface area contributed by atoms with Gasteiger partial charge in [-0.25, -0.2) is 9.69 Å². The summed E-state index contributed by atoms with van der Waals surface area (Å²) < 4.78 is 0. The molecule has 186 valence electrons. The molecular weight excluding hydrogens is 474 g/mol. The molecule has 2 aliphatic rings. The van der Waals surface area contributed by atoms with Crippen molar-refractivity contribution in [2.75, 3.05) is 10.6 Å². The first-order valence-corrected chi connectivity index (χ1v) is 11.6. The molecule has 0 bridgehead atoms. The number of carbonyl (C=O) groups excluding carboxylic acids is 3. The van der Waals surface area contributed by atoms with Crippen LogP contribution in [0.25, 0.3) is 5.76 Å². The van der Waals surface area contributed by atoms with E-state index in [1.54, 1.807) is 66.7 Å². The van der Waals surface area contributed by atoms with Gasteiger partial charge in [0.05, 0.1) is 17.7 Å². The largest absolute Gasteiger partial charge is 0.507 e. The Labute approximate surface area is 211 Å². The van der Waals surface area contributed by atoms with E-state index in [4.69, 9.17) is 5.73 Å². The summed E-state index contributed by atoms with van der Waals surface area (Å²) in [6.07, 6.45) is 0.230. The number of nitrogen functional groups attached to an aromatic ring is 1. The minimum Gasteiger partial charge on any atom is -0.507 e. The quantitative estimate of drug-likeness (QED) is 0.302. The molecule has 37 heavy (non-hydrogen) atoms. The van der Waals surface area contributed by atoms with Crippen molar-refractivity contribution in [3.63, 3.8) is 0 Å². The van der Waals surface area contributed by atoms with Crippen molar-refractivity contribution in [1.29, 1.82) is 0 Å². The topological polar surface area (TPSA) is 150 Å². The predicted molar refractivity (Wildman–Crippen MR) is 136 cm³/mol. The van der Waals surface area contributed by atoms with Crippen LogP contribution in [0, 0.1) is 0 Å². The van der Waals surface area contributed by atoms with E-state index in [0.717, 1.165) is 10.5 Å². The number of fused-ring (bicyclic) bond motifs is 2. The van der Waals surface area contributed by atoms with Crippen LogP contribution < -0.4 is 16.0 Å². The minimum absolute atomic E-state index is 0.0381. The molecule has 9 heteroatoms. The van der Waals surface area contributed by atoms with E-state index in [1.807, 2.05) is 0 Å². The molecule has 1 atom stereocenters. The smallest absolute Gasteiger partial charge is 0.326 e. The Bertz CT molecular complexity index is 1490. The van der Waals surface area contributed by atoms with Gasteiger partial charge in [0.15, 0.2) is 0 Å². The molecule has 3 aromatic rings. The molecular formula is C28H23N3O6. The number of nitrogens with one attached hydrogen (secondary N) is 1. The van der Waals surface area contributed by atoms with Gasteiger partial charge in [0, 0.05) is 29.7 Å². The highest BCUT2D eigenvalue weighted by molar-refractivity contribution is 6.24. The molecule has 0 unspecified atom stereocenters. The Kier molecular flexibility index (Phi) is 5.96. The fourth-order valence-electron chi connectivity index (χ4n) is 4.68. The Balaban J connectivity index is 1.31.